The largest absolute Gasteiger partial charge is 0.387 e. The first-order chi connectivity index (χ1) is 13.3. The van der Waals surface area contributed by atoms with Gasteiger partial charge in [-0.25, -0.2) is 4.57 Å². The van der Waals surface area contributed by atoms with Crippen molar-refractivity contribution in [3.05, 3.63) is 12.7 Å². The van der Waals surface area contributed by atoms with Gasteiger partial charge in [0.05, 0.1) is 6.04 Å². The number of nitrogens with two attached hydrogens (primary N) is 2. The van der Waals surface area contributed by atoms with Crippen LogP contribution in [-0.4, -0.2) is 89.6 Å². The Kier molecular flexibility index (Phi) is 5.18. The van der Waals surface area contributed by atoms with Gasteiger partial charge in [0.2, 0.25) is 17.2 Å². The quantitative estimate of drug-likeness (QED) is 0.105. The van der Waals surface area contributed by atoms with Crippen LogP contribution in [0, 0.1) is 0 Å². The monoisotopic (exact) mass is 416 g/mol. The van der Waals surface area contributed by atoms with E-state index in [1.165, 1.54) is 6.33 Å². The van der Waals surface area contributed by atoms with Gasteiger partial charge < -0.3 is 41.4 Å². The third-order valence-electron chi connectivity index (χ3n) is 5.09. The molecule has 0 spiro atoms. The summed E-state index contributed by atoms with van der Waals surface area (Å²) in [5, 5.41) is 39.3. The summed E-state index contributed by atoms with van der Waals surface area (Å²) in [5.74, 6) is 0.687. The molecule has 2 saturated heterocycles. The summed E-state index contributed by atoms with van der Waals surface area (Å²) in [6.45, 7) is 0. The van der Waals surface area contributed by atoms with E-state index >= 15 is 0 Å². The first kappa shape index (κ1) is 19.7. The molecule has 0 saturated carbocycles. The van der Waals surface area contributed by atoms with Gasteiger partial charge in [-0.05, 0) is 0 Å². The zero-order valence-electron chi connectivity index (χ0n) is 15.0. The molecule has 13 heteroatoms. The van der Waals surface area contributed by atoms with Gasteiger partial charge in [0.15, 0.2) is 30.9 Å². The van der Waals surface area contributed by atoms with Gasteiger partial charge in [-0.15, -0.1) is 0 Å². The Labute approximate surface area is 162 Å². The second-order valence-corrected chi connectivity index (χ2v) is 9.18. The van der Waals surface area contributed by atoms with Crippen molar-refractivity contribution in [3.63, 3.8) is 0 Å². The van der Waals surface area contributed by atoms with E-state index in [0.717, 1.165) is 0 Å². The van der Waals surface area contributed by atoms with Crippen LogP contribution in [0.3, 0.4) is 0 Å². The number of aliphatic hydroxyl groups is 4. The summed E-state index contributed by atoms with van der Waals surface area (Å²) in [5.41, 5.74) is 12.2. The molecule has 4 heterocycles. The number of aromatic amines is 1. The first-order valence-corrected chi connectivity index (χ1v) is 10.5. The number of aliphatic hydroxyl groups excluding tert-OH is 3. The van der Waals surface area contributed by atoms with E-state index in [0.29, 0.717) is 16.9 Å². The Morgan fingerprint density at radius 3 is 2.75 bits per heavy atom. The molecule has 28 heavy (non-hydrogen) atoms. The Hall–Kier alpha value is -1.58. The smallest absolute Gasteiger partial charge is 0.309 e. The van der Waals surface area contributed by atoms with Crippen molar-refractivity contribution >= 4 is 27.9 Å². The molecule has 154 valence electrons. The third kappa shape index (κ3) is 3.33. The van der Waals surface area contributed by atoms with E-state index < -0.39 is 43.0 Å². The van der Waals surface area contributed by atoms with Crippen LogP contribution >= 0.6 is 0 Å². The molecular formula is C15H24N6O6S+2. The number of aromatic nitrogens is 4. The molecule has 0 aliphatic carbocycles. The molecule has 4 rings (SSSR count). The minimum absolute atomic E-state index is 0.239. The lowest BCUT2D eigenvalue weighted by atomic mass is 10.1. The third-order valence-corrected chi connectivity index (χ3v) is 7.12. The summed E-state index contributed by atoms with van der Waals surface area (Å²) in [6.07, 6.45) is -1.07. The molecule has 12 nitrogen and oxygen atoms in total. The molecule has 8 atom stereocenters. The van der Waals surface area contributed by atoms with Crippen molar-refractivity contribution in [1.82, 2.24) is 15.0 Å². The van der Waals surface area contributed by atoms with Crippen LogP contribution in [0.25, 0.3) is 11.2 Å². The van der Waals surface area contributed by atoms with E-state index in [1.54, 1.807) is 10.9 Å². The number of imidazole rings is 1. The number of nitrogens with zero attached hydrogens (tertiary/aromatic N) is 3. The Balaban J connectivity index is 1.45. The molecule has 9 N–H and O–H groups in total. The Morgan fingerprint density at radius 1 is 1.29 bits per heavy atom. The van der Waals surface area contributed by atoms with E-state index in [9.17, 15) is 10.2 Å². The average molecular weight is 416 g/mol. The number of epoxide rings is 1. The molecule has 1 unspecified atom stereocenters. The predicted octanol–water partition coefficient (Wildman–Crippen LogP) is -3.94. The standard InChI is InChI=1S/C15H23N6O6S/c1-28(15-10(27-15)6(16)14(24)25)2-5-8(22)9(23)13(26-5)21-4-20-7-11(17)18-3-19-12(7)21/h3-6,8-10,13-15,22-25H,2,16H2,1H3,(H2,17,18,19)/q+1/p+1/t5-,6+,8-,9-,10+,13-,15+,28?/m1/s1. The van der Waals surface area contributed by atoms with Gasteiger partial charge in [-0.2, -0.15) is 4.98 Å². The maximum Gasteiger partial charge on any atom is 0.309 e. The number of rotatable bonds is 6. The summed E-state index contributed by atoms with van der Waals surface area (Å²) >= 11 is 0. The topological polar surface area (TPSA) is 200 Å². The Bertz CT molecular complexity index is 854. The van der Waals surface area contributed by atoms with Gasteiger partial charge in [0.1, 0.15) is 30.3 Å². The van der Waals surface area contributed by atoms with Crippen LogP contribution < -0.4 is 16.0 Å². The average Bonchev–Trinajstić information content (AvgIpc) is 3.28. The molecule has 2 fully saturated rings. The highest BCUT2D eigenvalue weighted by Gasteiger charge is 2.58. The lowest BCUT2D eigenvalue weighted by molar-refractivity contribution is -0.745. The lowest BCUT2D eigenvalue weighted by Crippen LogP contribution is -2.45. The lowest BCUT2D eigenvalue weighted by Gasteiger charge is -2.13. The molecule has 0 bridgehead atoms. The second kappa shape index (κ2) is 7.35. The molecule has 2 aliphatic rings. The summed E-state index contributed by atoms with van der Waals surface area (Å²) in [6, 6.07) is -0.889. The first-order valence-electron chi connectivity index (χ1n) is 8.68. The maximum atomic E-state index is 10.5. The van der Waals surface area contributed by atoms with E-state index in [4.69, 9.17) is 31.2 Å². The van der Waals surface area contributed by atoms with E-state index in [-0.39, 0.29) is 22.1 Å². The Morgan fingerprint density at radius 2 is 2.04 bits per heavy atom. The van der Waals surface area contributed by atoms with Crippen LogP contribution in [0.2, 0.25) is 0 Å². The number of hydrogen-bond acceptors (Lipinski definition) is 10. The van der Waals surface area contributed by atoms with Crippen molar-refractivity contribution in [1.29, 1.82) is 0 Å². The molecule has 0 radical (unpaired) electrons. The fraction of sp³-hybridized carbons (Fsp3) is 0.667. The van der Waals surface area contributed by atoms with Crippen molar-refractivity contribution in [2.24, 2.45) is 5.73 Å². The van der Waals surface area contributed by atoms with Crippen molar-refractivity contribution in [2.75, 3.05) is 17.7 Å². The van der Waals surface area contributed by atoms with E-state index in [2.05, 4.69) is 15.0 Å². The van der Waals surface area contributed by atoms with Crippen molar-refractivity contribution in [3.8, 4) is 0 Å². The number of ether oxygens (including phenoxy) is 2. The summed E-state index contributed by atoms with van der Waals surface area (Å²) < 4.78 is 13.0. The fourth-order valence-corrected chi connectivity index (χ4v) is 5.38. The zero-order chi connectivity index (χ0) is 20.2. The number of nitrogen functional groups attached to an aromatic ring is 1. The van der Waals surface area contributed by atoms with Crippen molar-refractivity contribution < 1.29 is 34.5 Å². The number of fused-ring (bicyclic) bond motifs is 1. The van der Waals surface area contributed by atoms with E-state index in [1.807, 2.05) is 6.26 Å². The van der Waals surface area contributed by atoms with Crippen LogP contribution in [0.4, 0.5) is 5.82 Å². The highest BCUT2D eigenvalue weighted by Crippen LogP contribution is 2.34. The number of anilines is 1. The zero-order valence-corrected chi connectivity index (χ0v) is 15.8. The normalized spacial score (nSPS) is 34.8. The van der Waals surface area contributed by atoms with Crippen LogP contribution in [0.15, 0.2) is 12.7 Å². The molecular weight excluding hydrogens is 392 g/mol. The van der Waals surface area contributed by atoms with Crippen LogP contribution in [0.5, 0.6) is 0 Å². The minimum atomic E-state index is -1.65. The number of hydrogen-bond donors (Lipinski definition) is 7. The van der Waals surface area contributed by atoms with Gasteiger partial charge in [0, 0.05) is 10.9 Å². The molecule has 2 aromatic rings. The molecule has 2 aliphatic heterocycles. The number of H-pyrrole nitrogens is 1. The molecule has 2 aromatic heterocycles. The second-order valence-electron chi connectivity index (χ2n) is 7.00. The predicted molar refractivity (Wildman–Crippen MR) is 97.4 cm³/mol. The minimum Gasteiger partial charge on any atom is -0.387 e. The number of nitrogens with one attached hydrogen (secondary N) is 1. The highest BCUT2D eigenvalue weighted by atomic mass is 32.2. The highest BCUT2D eigenvalue weighted by molar-refractivity contribution is 7.96. The van der Waals surface area contributed by atoms with Crippen LogP contribution in [-0.2, 0) is 20.4 Å². The fourth-order valence-electron chi connectivity index (χ4n) is 3.44. The van der Waals surface area contributed by atoms with Crippen LogP contribution in [0.1, 0.15) is 6.23 Å². The van der Waals surface area contributed by atoms with Crippen molar-refractivity contribution in [2.45, 2.75) is 48.4 Å². The SMILES string of the molecule is C[S+](C[C@H]1O[C@@H]([n+]2c[nH]c3c(N)ncnc32)[C@H](O)[C@@H]1O)[C@@H]1O[C@H]1[C@H](N)C(O)O. The van der Waals surface area contributed by atoms with Gasteiger partial charge in [-0.3, -0.25) is 4.98 Å². The maximum absolute atomic E-state index is 10.5. The van der Waals surface area contributed by atoms with Gasteiger partial charge in [-0.1, -0.05) is 4.98 Å². The molecule has 0 amide bonds. The summed E-state index contributed by atoms with van der Waals surface area (Å²) in [7, 11) is -0.379. The van der Waals surface area contributed by atoms with Gasteiger partial charge >= 0.3 is 5.65 Å². The van der Waals surface area contributed by atoms with Gasteiger partial charge in [0.25, 0.3) is 0 Å². The summed E-state index contributed by atoms with van der Waals surface area (Å²) in [4.78, 5) is 11.0. The molecule has 0 aromatic carbocycles.